The topological polar surface area (TPSA) is 0 Å². The van der Waals surface area contributed by atoms with Gasteiger partial charge in [0.15, 0.2) is 0 Å². The van der Waals surface area contributed by atoms with E-state index in [4.69, 9.17) is 0 Å². The average Bonchev–Trinajstić information content (AvgIpc) is 2.74. The van der Waals surface area contributed by atoms with Crippen molar-refractivity contribution in [2.45, 2.75) is 20.3 Å². The summed E-state index contributed by atoms with van der Waals surface area (Å²) in [7, 11) is 0. The Bertz CT molecular complexity index is 577. The monoisotopic (exact) mass is 232 g/mol. The first-order valence-electron chi connectivity index (χ1n) is 5.19. The van der Waals surface area contributed by atoms with Gasteiger partial charge in [-0.3, -0.25) is 0 Å². The van der Waals surface area contributed by atoms with Crippen LogP contribution >= 0.6 is 22.7 Å². The Morgan fingerprint density at radius 2 is 1.60 bits per heavy atom. The maximum atomic E-state index is 2.33. The van der Waals surface area contributed by atoms with Crippen LogP contribution in [0.1, 0.15) is 16.7 Å². The highest BCUT2D eigenvalue weighted by Gasteiger charge is 2.04. The number of fused-ring (bicyclic) bond motifs is 2. The Labute approximate surface area is 97.2 Å². The number of aryl methyl sites for hydroxylation is 2. The minimum absolute atomic E-state index is 1.14. The molecule has 0 amide bonds. The fourth-order valence-electron chi connectivity index (χ4n) is 1.93. The molecule has 3 aromatic rings. The maximum absolute atomic E-state index is 2.33. The van der Waals surface area contributed by atoms with E-state index in [0.29, 0.717) is 0 Å². The second kappa shape index (κ2) is 3.32. The van der Waals surface area contributed by atoms with E-state index in [1.165, 1.54) is 29.9 Å². The normalized spacial score (nSPS) is 11.6. The zero-order valence-corrected chi connectivity index (χ0v) is 10.5. The van der Waals surface area contributed by atoms with E-state index in [-0.39, 0.29) is 0 Å². The zero-order chi connectivity index (χ0) is 10.4. The van der Waals surface area contributed by atoms with Gasteiger partial charge in [-0.05, 0) is 48.4 Å². The van der Waals surface area contributed by atoms with E-state index in [0.717, 1.165) is 6.42 Å². The standard InChI is InChI=1S/C13H12S2/c1-3-11-5-10-7-12-9(4-8(2)14-12)6-13(10)15-11/h4-7H,3H2,1-2H3. The minimum Gasteiger partial charge on any atom is -0.141 e. The van der Waals surface area contributed by atoms with Crippen LogP contribution in [0.3, 0.4) is 0 Å². The van der Waals surface area contributed by atoms with Gasteiger partial charge in [-0.1, -0.05) is 6.92 Å². The lowest BCUT2D eigenvalue weighted by Crippen LogP contribution is -1.64. The van der Waals surface area contributed by atoms with Gasteiger partial charge in [0.05, 0.1) is 0 Å². The Balaban J connectivity index is 2.37. The van der Waals surface area contributed by atoms with Crippen molar-refractivity contribution in [3.63, 3.8) is 0 Å². The summed E-state index contributed by atoms with van der Waals surface area (Å²) in [5, 5.41) is 2.81. The molecule has 0 saturated carbocycles. The van der Waals surface area contributed by atoms with Crippen LogP contribution in [0.25, 0.3) is 20.2 Å². The molecule has 2 heteroatoms. The van der Waals surface area contributed by atoms with Crippen molar-refractivity contribution in [3.8, 4) is 0 Å². The van der Waals surface area contributed by atoms with Crippen LogP contribution < -0.4 is 0 Å². The van der Waals surface area contributed by atoms with E-state index in [2.05, 4.69) is 38.1 Å². The quantitative estimate of drug-likeness (QED) is 0.554. The molecule has 0 aliphatic heterocycles. The van der Waals surface area contributed by atoms with Crippen LogP contribution in [-0.2, 0) is 6.42 Å². The smallest absolute Gasteiger partial charge is 0.0352 e. The highest BCUT2D eigenvalue weighted by atomic mass is 32.1. The molecular weight excluding hydrogens is 220 g/mol. The highest BCUT2D eigenvalue weighted by molar-refractivity contribution is 7.20. The van der Waals surface area contributed by atoms with Gasteiger partial charge in [0, 0.05) is 19.2 Å². The van der Waals surface area contributed by atoms with Gasteiger partial charge in [0.25, 0.3) is 0 Å². The lowest BCUT2D eigenvalue weighted by Gasteiger charge is -1.89. The molecule has 2 heterocycles. The lowest BCUT2D eigenvalue weighted by molar-refractivity contribution is 1.19. The summed E-state index contributed by atoms with van der Waals surface area (Å²) in [6.45, 7) is 4.40. The fourth-order valence-corrected chi connectivity index (χ4v) is 3.92. The number of hydrogen-bond acceptors (Lipinski definition) is 2. The highest BCUT2D eigenvalue weighted by Crippen LogP contribution is 2.33. The summed E-state index contributed by atoms with van der Waals surface area (Å²) in [6.07, 6.45) is 1.14. The van der Waals surface area contributed by atoms with Crippen molar-refractivity contribution in [2.24, 2.45) is 0 Å². The number of hydrogen-bond donors (Lipinski definition) is 0. The Morgan fingerprint density at radius 3 is 2.33 bits per heavy atom. The summed E-state index contributed by atoms with van der Waals surface area (Å²) in [4.78, 5) is 2.89. The third kappa shape index (κ3) is 1.48. The third-order valence-corrected chi connectivity index (χ3v) is 4.93. The molecule has 0 bridgehead atoms. The summed E-state index contributed by atoms with van der Waals surface area (Å²) >= 11 is 3.81. The summed E-state index contributed by atoms with van der Waals surface area (Å²) < 4.78 is 2.85. The van der Waals surface area contributed by atoms with E-state index < -0.39 is 0 Å². The first-order chi connectivity index (χ1) is 7.26. The Hall–Kier alpha value is -0.860. The van der Waals surface area contributed by atoms with Crippen molar-refractivity contribution < 1.29 is 0 Å². The van der Waals surface area contributed by atoms with Crippen LogP contribution in [-0.4, -0.2) is 0 Å². The van der Waals surface area contributed by atoms with E-state index >= 15 is 0 Å². The molecule has 3 rings (SSSR count). The number of thiophene rings is 2. The fraction of sp³-hybridized carbons (Fsp3) is 0.231. The summed E-state index contributed by atoms with van der Waals surface area (Å²) in [6, 6.07) is 9.27. The predicted octanol–water partition coefficient (Wildman–Crippen LogP) is 4.99. The van der Waals surface area contributed by atoms with Crippen molar-refractivity contribution >= 4 is 42.8 Å². The second-order valence-corrected chi connectivity index (χ2v) is 6.31. The minimum atomic E-state index is 1.14. The molecule has 0 nitrogen and oxygen atoms in total. The molecule has 0 radical (unpaired) electrons. The first kappa shape index (κ1) is 9.37. The summed E-state index contributed by atoms with van der Waals surface area (Å²) in [5.41, 5.74) is 0. The molecule has 0 saturated heterocycles. The molecule has 0 unspecified atom stereocenters. The van der Waals surface area contributed by atoms with Gasteiger partial charge in [-0.25, -0.2) is 0 Å². The zero-order valence-electron chi connectivity index (χ0n) is 8.83. The summed E-state index contributed by atoms with van der Waals surface area (Å²) in [5.74, 6) is 0. The number of rotatable bonds is 1. The van der Waals surface area contributed by atoms with Crippen molar-refractivity contribution in [1.82, 2.24) is 0 Å². The van der Waals surface area contributed by atoms with Crippen molar-refractivity contribution in [1.29, 1.82) is 0 Å². The van der Waals surface area contributed by atoms with Gasteiger partial charge in [-0.2, -0.15) is 0 Å². The van der Waals surface area contributed by atoms with E-state index in [9.17, 15) is 0 Å². The molecule has 0 aliphatic carbocycles. The third-order valence-electron chi connectivity index (χ3n) is 2.68. The lowest BCUT2D eigenvalue weighted by atomic mass is 10.2. The van der Waals surface area contributed by atoms with Gasteiger partial charge in [-0.15, -0.1) is 22.7 Å². The van der Waals surface area contributed by atoms with Crippen LogP contribution in [0.5, 0.6) is 0 Å². The second-order valence-electron chi connectivity index (χ2n) is 3.85. The Morgan fingerprint density at radius 1 is 0.933 bits per heavy atom. The molecule has 0 aliphatic rings. The molecule has 0 atom stereocenters. The van der Waals surface area contributed by atoms with Gasteiger partial charge >= 0.3 is 0 Å². The number of benzene rings is 1. The Kier molecular flexibility index (Phi) is 2.08. The first-order valence-corrected chi connectivity index (χ1v) is 6.82. The van der Waals surface area contributed by atoms with Crippen molar-refractivity contribution in [3.05, 3.63) is 34.0 Å². The van der Waals surface area contributed by atoms with Gasteiger partial charge < -0.3 is 0 Å². The van der Waals surface area contributed by atoms with E-state index in [1.54, 1.807) is 0 Å². The van der Waals surface area contributed by atoms with Crippen LogP contribution in [0, 0.1) is 6.92 Å². The predicted molar refractivity (Wildman–Crippen MR) is 71.3 cm³/mol. The molecule has 0 N–H and O–H groups in total. The van der Waals surface area contributed by atoms with Crippen LogP contribution in [0.15, 0.2) is 24.3 Å². The van der Waals surface area contributed by atoms with Crippen LogP contribution in [0.2, 0.25) is 0 Å². The van der Waals surface area contributed by atoms with Crippen molar-refractivity contribution in [2.75, 3.05) is 0 Å². The molecule has 15 heavy (non-hydrogen) atoms. The molecule has 1 aromatic carbocycles. The molecule has 76 valence electrons. The maximum Gasteiger partial charge on any atom is 0.0352 e. The molecular formula is C13H12S2. The van der Waals surface area contributed by atoms with Gasteiger partial charge in [0.1, 0.15) is 0 Å². The molecule has 2 aromatic heterocycles. The SMILES string of the molecule is CCc1cc2cc3sc(C)cc3cc2s1. The van der Waals surface area contributed by atoms with Crippen LogP contribution in [0.4, 0.5) is 0 Å². The molecule has 0 fully saturated rings. The van der Waals surface area contributed by atoms with E-state index in [1.807, 2.05) is 22.7 Å². The largest absolute Gasteiger partial charge is 0.141 e. The van der Waals surface area contributed by atoms with Gasteiger partial charge in [0.2, 0.25) is 0 Å². The average molecular weight is 232 g/mol. The molecule has 0 spiro atoms.